The second-order valence-corrected chi connectivity index (χ2v) is 4.41. The van der Waals surface area contributed by atoms with Crippen molar-refractivity contribution >= 4 is 15.9 Å². The first kappa shape index (κ1) is 9.20. The van der Waals surface area contributed by atoms with Crippen molar-refractivity contribution in [2.45, 2.75) is 19.3 Å². The fraction of sp³-hybridized carbons (Fsp3) is 0.455. The van der Waals surface area contributed by atoms with E-state index in [1.165, 1.54) is 12.0 Å². The highest BCUT2D eigenvalue weighted by Crippen LogP contribution is 2.48. The van der Waals surface area contributed by atoms with E-state index in [-0.39, 0.29) is 5.82 Å². The lowest BCUT2D eigenvalue weighted by Gasteiger charge is -2.01. The normalized spacial score (nSPS) is 26.1. The van der Waals surface area contributed by atoms with Gasteiger partial charge in [0, 0.05) is 5.33 Å². The predicted octanol–water partition coefficient (Wildman–Crippen LogP) is 3.63. The zero-order valence-corrected chi connectivity index (χ0v) is 9.14. The standard InChI is InChI=1S/C11H12BrF/c1-7-4-8(2-3-11(7)13)10-5-9(10)6-12/h2-4,9-10H,5-6H2,1H3. The van der Waals surface area contributed by atoms with Gasteiger partial charge in [0.25, 0.3) is 0 Å². The van der Waals surface area contributed by atoms with Crippen LogP contribution < -0.4 is 0 Å². The summed E-state index contributed by atoms with van der Waals surface area (Å²) in [5, 5.41) is 1.06. The second kappa shape index (κ2) is 3.41. The molecule has 1 aliphatic carbocycles. The van der Waals surface area contributed by atoms with Crippen molar-refractivity contribution in [1.82, 2.24) is 0 Å². The third kappa shape index (κ3) is 1.78. The van der Waals surface area contributed by atoms with Crippen LogP contribution in [0.15, 0.2) is 18.2 Å². The topological polar surface area (TPSA) is 0 Å². The van der Waals surface area contributed by atoms with E-state index in [9.17, 15) is 4.39 Å². The molecule has 0 spiro atoms. The SMILES string of the molecule is Cc1cc(C2CC2CBr)ccc1F. The molecule has 1 saturated carbocycles. The fourth-order valence-electron chi connectivity index (χ4n) is 1.72. The maximum Gasteiger partial charge on any atom is 0.126 e. The molecule has 70 valence electrons. The lowest BCUT2D eigenvalue weighted by molar-refractivity contribution is 0.617. The van der Waals surface area contributed by atoms with Gasteiger partial charge in [-0.05, 0) is 42.4 Å². The Kier molecular flexibility index (Phi) is 2.41. The zero-order valence-electron chi connectivity index (χ0n) is 7.56. The number of benzene rings is 1. The molecular formula is C11H12BrF. The van der Waals surface area contributed by atoms with Gasteiger partial charge in [-0.25, -0.2) is 4.39 Å². The fourth-order valence-corrected chi connectivity index (χ4v) is 2.44. The minimum atomic E-state index is -0.0974. The number of rotatable bonds is 2. The minimum Gasteiger partial charge on any atom is -0.207 e. The molecule has 1 aromatic rings. The van der Waals surface area contributed by atoms with E-state index in [0.717, 1.165) is 16.8 Å². The Morgan fingerprint density at radius 1 is 1.54 bits per heavy atom. The quantitative estimate of drug-likeness (QED) is 0.696. The highest BCUT2D eigenvalue weighted by Gasteiger charge is 2.37. The molecule has 0 N–H and O–H groups in total. The number of hydrogen-bond donors (Lipinski definition) is 0. The molecule has 0 heterocycles. The van der Waals surface area contributed by atoms with Gasteiger partial charge in [0.2, 0.25) is 0 Å². The van der Waals surface area contributed by atoms with Crippen molar-refractivity contribution in [2.24, 2.45) is 5.92 Å². The molecule has 2 heteroatoms. The van der Waals surface area contributed by atoms with E-state index >= 15 is 0 Å². The van der Waals surface area contributed by atoms with Crippen LogP contribution in [0.2, 0.25) is 0 Å². The monoisotopic (exact) mass is 242 g/mol. The van der Waals surface area contributed by atoms with Crippen molar-refractivity contribution < 1.29 is 4.39 Å². The Labute approximate surface area is 86.3 Å². The van der Waals surface area contributed by atoms with E-state index in [1.54, 1.807) is 6.07 Å². The van der Waals surface area contributed by atoms with Gasteiger partial charge in [0.05, 0.1) is 0 Å². The van der Waals surface area contributed by atoms with E-state index in [1.807, 2.05) is 19.1 Å². The molecule has 0 bridgehead atoms. The van der Waals surface area contributed by atoms with Crippen molar-refractivity contribution in [1.29, 1.82) is 0 Å². The molecule has 2 rings (SSSR count). The largest absolute Gasteiger partial charge is 0.207 e. The van der Waals surface area contributed by atoms with Crippen LogP contribution in [-0.4, -0.2) is 5.33 Å². The van der Waals surface area contributed by atoms with Crippen LogP contribution in [0.1, 0.15) is 23.5 Å². The number of halogens is 2. The molecule has 1 fully saturated rings. The average molecular weight is 243 g/mol. The molecular weight excluding hydrogens is 231 g/mol. The summed E-state index contributed by atoms with van der Waals surface area (Å²) in [6, 6.07) is 5.46. The van der Waals surface area contributed by atoms with Crippen LogP contribution >= 0.6 is 15.9 Å². The molecule has 13 heavy (non-hydrogen) atoms. The molecule has 1 aromatic carbocycles. The Hall–Kier alpha value is -0.370. The Morgan fingerprint density at radius 2 is 2.31 bits per heavy atom. The van der Waals surface area contributed by atoms with Gasteiger partial charge in [-0.15, -0.1) is 0 Å². The first-order valence-corrected chi connectivity index (χ1v) is 5.66. The summed E-state index contributed by atoms with van der Waals surface area (Å²) >= 11 is 3.47. The van der Waals surface area contributed by atoms with Crippen LogP contribution in [0.4, 0.5) is 4.39 Å². The third-order valence-electron chi connectivity index (χ3n) is 2.73. The summed E-state index contributed by atoms with van der Waals surface area (Å²) in [6.45, 7) is 1.82. The first-order valence-electron chi connectivity index (χ1n) is 4.54. The van der Waals surface area contributed by atoms with Crippen molar-refractivity contribution in [3.05, 3.63) is 35.1 Å². The minimum absolute atomic E-state index is 0.0974. The molecule has 0 radical (unpaired) electrons. The van der Waals surface area contributed by atoms with Crippen molar-refractivity contribution in [2.75, 3.05) is 5.33 Å². The van der Waals surface area contributed by atoms with E-state index < -0.39 is 0 Å². The van der Waals surface area contributed by atoms with E-state index in [0.29, 0.717) is 5.92 Å². The van der Waals surface area contributed by atoms with Gasteiger partial charge >= 0.3 is 0 Å². The van der Waals surface area contributed by atoms with Crippen molar-refractivity contribution in [3.8, 4) is 0 Å². The lowest BCUT2D eigenvalue weighted by Crippen LogP contribution is -1.88. The summed E-state index contributed by atoms with van der Waals surface area (Å²) in [5.41, 5.74) is 2.06. The van der Waals surface area contributed by atoms with Gasteiger partial charge in [-0.1, -0.05) is 28.1 Å². The van der Waals surface area contributed by atoms with E-state index in [2.05, 4.69) is 15.9 Å². The maximum atomic E-state index is 13.0. The van der Waals surface area contributed by atoms with Crippen LogP contribution in [0.5, 0.6) is 0 Å². The molecule has 0 aromatic heterocycles. The Balaban J connectivity index is 2.19. The second-order valence-electron chi connectivity index (χ2n) is 3.77. The van der Waals surface area contributed by atoms with Crippen LogP contribution in [0.3, 0.4) is 0 Å². The molecule has 0 nitrogen and oxygen atoms in total. The molecule has 2 unspecified atom stereocenters. The highest BCUT2D eigenvalue weighted by molar-refractivity contribution is 9.09. The van der Waals surface area contributed by atoms with Gasteiger partial charge in [-0.3, -0.25) is 0 Å². The smallest absolute Gasteiger partial charge is 0.126 e. The molecule has 1 aliphatic rings. The number of hydrogen-bond acceptors (Lipinski definition) is 0. The van der Waals surface area contributed by atoms with Gasteiger partial charge < -0.3 is 0 Å². The predicted molar refractivity (Wildman–Crippen MR) is 55.8 cm³/mol. The Morgan fingerprint density at radius 3 is 2.85 bits per heavy atom. The summed E-state index contributed by atoms with van der Waals surface area (Å²) in [6.07, 6.45) is 1.25. The van der Waals surface area contributed by atoms with Crippen LogP contribution in [0, 0.1) is 18.7 Å². The summed E-state index contributed by atoms with van der Waals surface area (Å²) in [4.78, 5) is 0. The number of aryl methyl sites for hydroxylation is 1. The molecule has 0 amide bonds. The summed E-state index contributed by atoms with van der Waals surface area (Å²) in [5.74, 6) is 1.34. The number of alkyl halides is 1. The maximum absolute atomic E-state index is 13.0. The van der Waals surface area contributed by atoms with Crippen molar-refractivity contribution in [3.63, 3.8) is 0 Å². The Bertz CT molecular complexity index is 322. The summed E-state index contributed by atoms with van der Waals surface area (Å²) < 4.78 is 13.0. The zero-order chi connectivity index (χ0) is 9.42. The first-order chi connectivity index (χ1) is 6.22. The van der Waals surface area contributed by atoms with Gasteiger partial charge in [0.1, 0.15) is 5.82 Å². The molecule has 2 atom stereocenters. The third-order valence-corrected chi connectivity index (χ3v) is 3.56. The van der Waals surface area contributed by atoms with Gasteiger partial charge in [0.15, 0.2) is 0 Å². The molecule has 0 aliphatic heterocycles. The summed E-state index contributed by atoms with van der Waals surface area (Å²) in [7, 11) is 0. The average Bonchev–Trinajstić information content (AvgIpc) is 2.88. The highest BCUT2D eigenvalue weighted by atomic mass is 79.9. The van der Waals surface area contributed by atoms with Crippen LogP contribution in [0.25, 0.3) is 0 Å². The molecule has 0 saturated heterocycles. The van der Waals surface area contributed by atoms with Gasteiger partial charge in [-0.2, -0.15) is 0 Å². The van der Waals surface area contributed by atoms with E-state index in [4.69, 9.17) is 0 Å². The lowest BCUT2D eigenvalue weighted by atomic mass is 10.1. The van der Waals surface area contributed by atoms with Crippen LogP contribution in [-0.2, 0) is 0 Å².